The van der Waals surface area contributed by atoms with Crippen LogP contribution in [0.15, 0.2) is 27.4 Å². The summed E-state index contributed by atoms with van der Waals surface area (Å²) in [7, 11) is 0. The summed E-state index contributed by atoms with van der Waals surface area (Å²) in [6.07, 6.45) is 5.13. The smallest absolute Gasteiger partial charge is 0.345 e. The van der Waals surface area contributed by atoms with Crippen LogP contribution in [0, 0.1) is 12.7 Å². The third kappa shape index (κ3) is 3.81. The lowest BCUT2D eigenvalue weighted by Crippen LogP contribution is -2.37. The van der Waals surface area contributed by atoms with Crippen molar-refractivity contribution in [2.75, 3.05) is 19.6 Å². The molecule has 8 heteroatoms. The standard InChI is InChI=1S/C22H27FN4O2.ClH/c1-15-18-6-5-17(23)14-19(18)29-21(15)16-7-10-25(11-8-16)12-13-27-22(28)26-9-3-2-4-20(26)24-27;/h5-6,14,16H,2-4,7-13H2,1H3;1H. The first kappa shape index (κ1) is 21.1. The average molecular weight is 435 g/mol. The Morgan fingerprint density at radius 1 is 1.17 bits per heavy atom. The molecule has 2 aliphatic heterocycles. The first-order valence-corrected chi connectivity index (χ1v) is 10.7. The summed E-state index contributed by atoms with van der Waals surface area (Å²) in [5, 5.41) is 5.54. The number of rotatable bonds is 4. The maximum atomic E-state index is 13.5. The van der Waals surface area contributed by atoms with Crippen LogP contribution in [-0.2, 0) is 19.5 Å². The predicted octanol–water partition coefficient (Wildman–Crippen LogP) is 3.88. The Kier molecular flexibility index (Phi) is 6.02. The monoisotopic (exact) mass is 434 g/mol. The quantitative estimate of drug-likeness (QED) is 0.625. The topological polar surface area (TPSA) is 56.2 Å². The van der Waals surface area contributed by atoms with E-state index in [1.807, 2.05) is 10.6 Å². The molecule has 0 unspecified atom stereocenters. The van der Waals surface area contributed by atoms with Crippen LogP contribution < -0.4 is 5.69 Å². The van der Waals surface area contributed by atoms with E-state index in [1.165, 1.54) is 12.1 Å². The first-order chi connectivity index (χ1) is 14.1. The number of nitrogens with zero attached hydrogens (tertiary/aromatic N) is 4. The number of aryl methyl sites for hydroxylation is 2. The van der Waals surface area contributed by atoms with Crippen molar-refractivity contribution in [2.45, 2.75) is 58.0 Å². The van der Waals surface area contributed by atoms with Gasteiger partial charge in [-0.2, -0.15) is 5.10 Å². The van der Waals surface area contributed by atoms with Crippen LogP contribution in [-0.4, -0.2) is 38.9 Å². The van der Waals surface area contributed by atoms with Crippen molar-refractivity contribution in [1.82, 2.24) is 19.2 Å². The Bertz CT molecular complexity index is 1090. The molecule has 1 aromatic carbocycles. The van der Waals surface area contributed by atoms with Crippen molar-refractivity contribution in [3.05, 3.63) is 51.6 Å². The van der Waals surface area contributed by atoms with Crippen LogP contribution in [0.1, 0.15) is 48.7 Å². The molecule has 0 bridgehead atoms. The molecule has 4 heterocycles. The predicted molar refractivity (Wildman–Crippen MR) is 116 cm³/mol. The lowest BCUT2D eigenvalue weighted by molar-refractivity contribution is 0.193. The molecule has 0 atom stereocenters. The number of fused-ring (bicyclic) bond motifs is 2. The molecule has 0 radical (unpaired) electrons. The summed E-state index contributed by atoms with van der Waals surface area (Å²) < 4.78 is 23.0. The highest BCUT2D eigenvalue weighted by Gasteiger charge is 2.26. The highest BCUT2D eigenvalue weighted by Crippen LogP contribution is 2.36. The lowest BCUT2D eigenvalue weighted by Gasteiger charge is -2.31. The van der Waals surface area contributed by atoms with Crippen molar-refractivity contribution < 1.29 is 8.81 Å². The second kappa shape index (κ2) is 8.55. The summed E-state index contributed by atoms with van der Waals surface area (Å²) in [5.74, 6) is 2.05. The molecule has 0 aliphatic carbocycles. The zero-order valence-electron chi connectivity index (χ0n) is 17.3. The molecule has 1 fully saturated rings. The minimum absolute atomic E-state index is 0. The van der Waals surface area contributed by atoms with Gasteiger partial charge in [-0.15, -0.1) is 12.4 Å². The average Bonchev–Trinajstić information content (AvgIpc) is 3.23. The van der Waals surface area contributed by atoms with Crippen LogP contribution in [0.25, 0.3) is 11.0 Å². The largest absolute Gasteiger partial charge is 0.460 e. The van der Waals surface area contributed by atoms with E-state index >= 15 is 0 Å². The maximum Gasteiger partial charge on any atom is 0.345 e. The molecule has 3 aromatic rings. The first-order valence-electron chi connectivity index (χ1n) is 10.7. The van der Waals surface area contributed by atoms with Gasteiger partial charge in [-0.25, -0.2) is 13.9 Å². The molecule has 0 spiro atoms. The van der Waals surface area contributed by atoms with E-state index in [2.05, 4.69) is 16.9 Å². The molecular formula is C22H28ClFN4O2. The number of hydrogen-bond acceptors (Lipinski definition) is 4. The fourth-order valence-electron chi connectivity index (χ4n) is 4.86. The fraction of sp³-hybridized carbons (Fsp3) is 0.545. The van der Waals surface area contributed by atoms with E-state index in [1.54, 1.807) is 4.68 Å². The van der Waals surface area contributed by atoms with Gasteiger partial charge < -0.3 is 9.32 Å². The highest BCUT2D eigenvalue weighted by molar-refractivity contribution is 5.85. The van der Waals surface area contributed by atoms with Crippen molar-refractivity contribution in [3.8, 4) is 0 Å². The molecule has 162 valence electrons. The molecule has 1 saturated heterocycles. The van der Waals surface area contributed by atoms with Crippen LogP contribution in [0.3, 0.4) is 0 Å². The number of benzene rings is 1. The zero-order valence-corrected chi connectivity index (χ0v) is 18.1. The van der Waals surface area contributed by atoms with Crippen molar-refractivity contribution in [3.63, 3.8) is 0 Å². The van der Waals surface area contributed by atoms with Gasteiger partial charge in [0.25, 0.3) is 0 Å². The number of piperidine rings is 1. The van der Waals surface area contributed by atoms with Gasteiger partial charge in [-0.3, -0.25) is 4.57 Å². The molecule has 30 heavy (non-hydrogen) atoms. The molecular weight excluding hydrogens is 407 g/mol. The summed E-state index contributed by atoms with van der Waals surface area (Å²) in [6.45, 7) is 6.30. The summed E-state index contributed by atoms with van der Waals surface area (Å²) >= 11 is 0. The molecule has 6 nitrogen and oxygen atoms in total. The number of likely N-dealkylation sites (tertiary alicyclic amines) is 1. The van der Waals surface area contributed by atoms with Gasteiger partial charge in [0.1, 0.15) is 23.0 Å². The third-order valence-corrected chi connectivity index (χ3v) is 6.56. The number of furan rings is 1. The molecule has 5 rings (SSSR count). The van der Waals surface area contributed by atoms with Crippen LogP contribution in [0.2, 0.25) is 0 Å². The number of hydrogen-bond donors (Lipinski definition) is 0. The number of halogens is 2. The number of aromatic nitrogens is 3. The summed E-state index contributed by atoms with van der Waals surface area (Å²) in [4.78, 5) is 14.9. The van der Waals surface area contributed by atoms with Crippen molar-refractivity contribution in [2.24, 2.45) is 0 Å². The van der Waals surface area contributed by atoms with Gasteiger partial charge in [0.2, 0.25) is 0 Å². The molecule has 0 N–H and O–H groups in total. The Balaban J connectivity index is 0.00000218. The second-order valence-electron chi connectivity index (χ2n) is 8.38. The zero-order chi connectivity index (χ0) is 20.0. The van der Waals surface area contributed by atoms with Gasteiger partial charge in [-0.05, 0) is 63.4 Å². The fourth-order valence-corrected chi connectivity index (χ4v) is 4.86. The Hall–Kier alpha value is -2.12. The Morgan fingerprint density at radius 3 is 2.73 bits per heavy atom. The summed E-state index contributed by atoms with van der Waals surface area (Å²) in [5.41, 5.74) is 1.82. The van der Waals surface area contributed by atoms with Gasteiger partial charge in [0.05, 0.1) is 6.54 Å². The molecule has 0 amide bonds. The van der Waals surface area contributed by atoms with E-state index in [-0.39, 0.29) is 23.9 Å². The summed E-state index contributed by atoms with van der Waals surface area (Å²) in [6, 6.07) is 4.78. The van der Waals surface area contributed by atoms with E-state index < -0.39 is 0 Å². The second-order valence-corrected chi connectivity index (χ2v) is 8.38. The van der Waals surface area contributed by atoms with Gasteiger partial charge in [0, 0.05) is 36.9 Å². The van der Waals surface area contributed by atoms with E-state index in [9.17, 15) is 9.18 Å². The van der Waals surface area contributed by atoms with Gasteiger partial charge >= 0.3 is 5.69 Å². The Labute approximate surface area is 181 Å². The van der Waals surface area contributed by atoms with E-state index in [4.69, 9.17) is 4.42 Å². The SMILES string of the molecule is Cc1c(C2CCN(CCn3nc4n(c3=O)CCCC4)CC2)oc2cc(F)ccc12.Cl. The highest BCUT2D eigenvalue weighted by atomic mass is 35.5. The van der Waals surface area contributed by atoms with Gasteiger partial charge in [-0.1, -0.05) is 0 Å². The molecule has 2 aliphatic rings. The maximum absolute atomic E-state index is 13.5. The van der Waals surface area contributed by atoms with Crippen LogP contribution in [0.4, 0.5) is 4.39 Å². The van der Waals surface area contributed by atoms with Crippen molar-refractivity contribution in [1.29, 1.82) is 0 Å². The minimum atomic E-state index is -0.260. The minimum Gasteiger partial charge on any atom is -0.460 e. The van der Waals surface area contributed by atoms with Gasteiger partial charge in [0.15, 0.2) is 0 Å². The Morgan fingerprint density at radius 2 is 1.97 bits per heavy atom. The lowest BCUT2D eigenvalue weighted by atomic mass is 9.92. The normalized spacial score (nSPS) is 17.8. The third-order valence-electron chi connectivity index (χ3n) is 6.56. The van der Waals surface area contributed by atoms with E-state index in [0.29, 0.717) is 18.0 Å². The van der Waals surface area contributed by atoms with Crippen LogP contribution >= 0.6 is 12.4 Å². The molecule has 0 saturated carbocycles. The van der Waals surface area contributed by atoms with Crippen LogP contribution in [0.5, 0.6) is 0 Å². The van der Waals surface area contributed by atoms with Crippen molar-refractivity contribution >= 4 is 23.4 Å². The van der Waals surface area contributed by atoms with E-state index in [0.717, 1.165) is 80.8 Å². The molecule has 2 aromatic heterocycles.